The van der Waals surface area contributed by atoms with E-state index in [1.165, 1.54) is 5.57 Å². The van der Waals surface area contributed by atoms with E-state index in [1.54, 1.807) is 0 Å². The molecular weight excluding hydrogens is 158 g/mol. The molecule has 13 heavy (non-hydrogen) atoms. The zero-order chi connectivity index (χ0) is 9.68. The Balaban J connectivity index is 2.66. The Labute approximate surface area is 80.6 Å². The maximum Gasteiger partial charge on any atom is 0.0443 e. The molecule has 0 aromatic heterocycles. The molecule has 0 aromatic rings. The smallest absolute Gasteiger partial charge is 0.0443 e. The SMILES string of the molecule is CC1C=CC=C(C=NC(C)C)C=C1. The molecule has 1 atom stereocenters. The molecule has 0 heterocycles. The van der Waals surface area contributed by atoms with Gasteiger partial charge < -0.3 is 0 Å². The van der Waals surface area contributed by atoms with Crippen LogP contribution in [0.3, 0.4) is 0 Å². The molecule has 1 aliphatic carbocycles. The summed E-state index contributed by atoms with van der Waals surface area (Å²) in [5.74, 6) is 0.529. The number of hydrogen-bond donors (Lipinski definition) is 0. The number of aliphatic imine (C=N–C) groups is 1. The van der Waals surface area contributed by atoms with Gasteiger partial charge in [0.1, 0.15) is 0 Å². The third-order valence-corrected chi connectivity index (χ3v) is 1.82. The van der Waals surface area contributed by atoms with Crippen molar-refractivity contribution in [3.8, 4) is 0 Å². The predicted octanol–water partition coefficient (Wildman–Crippen LogP) is 3.15. The first kappa shape index (κ1) is 9.97. The minimum atomic E-state index is 0.374. The highest BCUT2D eigenvalue weighted by atomic mass is 14.7. The molecule has 1 aliphatic rings. The summed E-state index contributed by atoms with van der Waals surface area (Å²) in [5.41, 5.74) is 1.18. The summed E-state index contributed by atoms with van der Waals surface area (Å²) in [4.78, 5) is 4.34. The molecule has 0 bridgehead atoms. The molecule has 0 spiro atoms. The Hall–Kier alpha value is -1.11. The molecule has 1 nitrogen and oxygen atoms in total. The first-order chi connectivity index (χ1) is 6.18. The van der Waals surface area contributed by atoms with Crippen molar-refractivity contribution in [2.24, 2.45) is 10.9 Å². The summed E-state index contributed by atoms with van der Waals surface area (Å²) in [6.45, 7) is 6.33. The molecule has 0 saturated heterocycles. The van der Waals surface area contributed by atoms with Gasteiger partial charge in [-0.1, -0.05) is 37.3 Å². The van der Waals surface area contributed by atoms with Crippen molar-refractivity contribution < 1.29 is 0 Å². The van der Waals surface area contributed by atoms with Crippen molar-refractivity contribution in [2.75, 3.05) is 0 Å². The van der Waals surface area contributed by atoms with Crippen LogP contribution in [-0.2, 0) is 0 Å². The summed E-state index contributed by atoms with van der Waals surface area (Å²) in [6.07, 6.45) is 12.6. The number of rotatable bonds is 2. The van der Waals surface area contributed by atoms with Gasteiger partial charge in [-0.15, -0.1) is 0 Å². The van der Waals surface area contributed by atoms with Gasteiger partial charge in [0.2, 0.25) is 0 Å². The second kappa shape index (κ2) is 4.80. The van der Waals surface area contributed by atoms with E-state index in [0.29, 0.717) is 12.0 Å². The lowest BCUT2D eigenvalue weighted by atomic mass is 10.1. The molecule has 1 heteroatoms. The average Bonchev–Trinajstić information content (AvgIpc) is 2.27. The lowest BCUT2D eigenvalue weighted by Gasteiger charge is -1.95. The normalized spacial score (nSPS) is 22.5. The van der Waals surface area contributed by atoms with Gasteiger partial charge >= 0.3 is 0 Å². The van der Waals surface area contributed by atoms with Crippen molar-refractivity contribution in [3.05, 3.63) is 36.0 Å². The Morgan fingerprint density at radius 1 is 1.38 bits per heavy atom. The van der Waals surface area contributed by atoms with Crippen molar-refractivity contribution in [3.63, 3.8) is 0 Å². The van der Waals surface area contributed by atoms with Gasteiger partial charge in [-0.2, -0.15) is 0 Å². The predicted molar refractivity (Wildman–Crippen MR) is 59.2 cm³/mol. The highest BCUT2D eigenvalue weighted by Crippen LogP contribution is 2.08. The highest BCUT2D eigenvalue weighted by molar-refractivity contribution is 5.83. The Kier molecular flexibility index (Phi) is 3.69. The number of nitrogens with zero attached hydrogens (tertiary/aromatic N) is 1. The molecule has 0 amide bonds. The van der Waals surface area contributed by atoms with Crippen LogP contribution in [0.4, 0.5) is 0 Å². The van der Waals surface area contributed by atoms with Crippen LogP contribution in [0.5, 0.6) is 0 Å². The molecule has 0 saturated carbocycles. The molecule has 1 unspecified atom stereocenters. The molecule has 0 radical (unpaired) electrons. The van der Waals surface area contributed by atoms with Gasteiger partial charge in [0.15, 0.2) is 0 Å². The van der Waals surface area contributed by atoms with Crippen molar-refractivity contribution in [1.82, 2.24) is 0 Å². The van der Waals surface area contributed by atoms with Crippen molar-refractivity contribution in [2.45, 2.75) is 26.8 Å². The van der Waals surface area contributed by atoms with Gasteiger partial charge in [-0.25, -0.2) is 0 Å². The van der Waals surface area contributed by atoms with Crippen LogP contribution in [0.2, 0.25) is 0 Å². The monoisotopic (exact) mass is 175 g/mol. The average molecular weight is 175 g/mol. The Morgan fingerprint density at radius 2 is 2.15 bits per heavy atom. The molecule has 1 rings (SSSR count). The standard InChI is InChI=1S/C12H17N/c1-10(2)13-9-12-6-4-5-11(3)7-8-12/h4-11H,1-3H3. The molecule has 0 aliphatic heterocycles. The van der Waals surface area contributed by atoms with E-state index in [0.717, 1.165) is 0 Å². The fourth-order valence-electron chi connectivity index (χ4n) is 1.05. The van der Waals surface area contributed by atoms with Crippen LogP contribution in [0.15, 0.2) is 40.9 Å². The first-order valence-electron chi connectivity index (χ1n) is 4.78. The number of allylic oxidation sites excluding steroid dienone is 6. The minimum Gasteiger partial charge on any atom is -0.290 e. The van der Waals surface area contributed by atoms with Crippen LogP contribution < -0.4 is 0 Å². The van der Waals surface area contributed by atoms with Gasteiger partial charge in [0.05, 0.1) is 0 Å². The van der Waals surface area contributed by atoms with E-state index in [2.05, 4.69) is 56.1 Å². The topological polar surface area (TPSA) is 12.4 Å². The quantitative estimate of drug-likeness (QED) is 0.572. The van der Waals surface area contributed by atoms with Gasteiger partial charge in [-0.05, 0) is 25.3 Å². The Morgan fingerprint density at radius 3 is 2.85 bits per heavy atom. The molecular formula is C12H17N. The van der Waals surface area contributed by atoms with E-state index in [9.17, 15) is 0 Å². The maximum atomic E-state index is 4.34. The zero-order valence-corrected chi connectivity index (χ0v) is 8.57. The van der Waals surface area contributed by atoms with E-state index >= 15 is 0 Å². The minimum absolute atomic E-state index is 0.374. The Bertz CT molecular complexity index is 267. The molecule has 70 valence electrons. The van der Waals surface area contributed by atoms with Crippen molar-refractivity contribution in [1.29, 1.82) is 0 Å². The van der Waals surface area contributed by atoms with Crippen molar-refractivity contribution >= 4 is 6.21 Å². The third kappa shape index (κ3) is 3.88. The fraction of sp³-hybridized carbons (Fsp3) is 0.417. The van der Waals surface area contributed by atoms with E-state index in [4.69, 9.17) is 0 Å². The van der Waals surface area contributed by atoms with E-state index in [1.807, 2.05) is 6.21 Å². The lowest BCUT2D eigenvalue weighted by molar-refractivity contribution is 0.841. The van der Waals surface area contributed by atoms with Crippen LogP contribution in [0.25, 0.3) is 0 Å². The molecule has 0 aromatic carbocycles. The van der Waals surface area contributed by atoms with Crippen LogP contribution in [-0.4, -0.2) is 12.3 Å². The summed E-state index contributed by atoms with van der Waals surface area (Å²) in [6, 6.07) is 0.374. The second-order valence-corrected chi connectivity index (χ2v) is 3.64. The van der Waals surface area contributed by atoms with E-state index in [-0.39, 0.29) is 0 Å². The van der Waals surface area contributed by atoms with E-state index < -0.39 is 0 Å². The van der Waals surface area contributed by atoms with Crippen LogP contribution in [0, 0.1) is 5.92 Å². The lowest BCUT2D eigenvalue weighted by Crippen LogP contribution is -1.90. The highest BCUT2D eigenvalue weighted by Gasteiger charge is 1.94. The summed E-state index contributed by atoms with van der Waals surface area (Å²) < 4.78 is 0. The summed E-state index contributed by atoms with van der Waals surface area (Å²) >= 11 is 0. The summed E-state index contributed by atoms with van der Waals surface area (Å²) in [7, 11) is 0. The fourth-order valence-corrected chi connectivity index (χ4v) is 1.05. The molecule has 0 N–H and O–H groups in total. The number of hydrogen-bond acceptors (Lipinski definition) is 1. The van der Waals surface area contributed by atoms with Crippen LogP contribution in [0.1, 0.15) is 20.8 Å². The van der Waals surface area contributed by atoms with Gasteiger partial charge in [-0.3, -0.25) is 4.99 Å². The first-order valence-corrected chi connectivity index (χ1v) is 4.78. The van der Waals surface area contributed by atoms with Gasteiger partial charge in [0.25, 0.3) is 0 Å². The third-order valence-electron chi connectivity index (χ3n) is 1.82. The van der Waals surface area contributed by atoms with Crippen LogP contribution >= 0.6 is 0 Å². The maximum absolute atomic E-state index is 4.34. The largest absolute Gasteiger partial charge is 0.290 e. The summed E-state index contributed by atoms with van der Waals surface area (Å²) in [5, 5.41) is 0. The zero-order valence-electron chi connectivity index (χ0n) is 8.57. The molecule has 0 fully saturated rings. The second-order valence-electron chi connectivity index (χ2n) is 3.64. The van der Waals surface area contributed by atoms with Gasteiger partial charge in [0, 0.05) is 12.3 Å².